The summed E-state index contributed by atoms with van der Waals surface area (Å²) in [5, 5.41) is 6.92. The van der Waals surface area contributed by atoms with E-state index in [-0.39, 0.29) is 12.0 Å². The molecule has 0 bridgehead atoms. The molecule has 27 heavy (non-hydrogen) atoms. The Bertz CT molecular complexity index is 910. The molecule has 1 saturated heterocycles. The molecule has 3 aromatic rings. The van der Waals surface area contributed by atoms with Crippen molar-refractivity contribution in [3.8, 4) is 17.1 Å². The van der Waals surface area contributed by atoms with Crippen LogP contribution in [0.25, 0.3) is 11.3 Å². The van der Waals surface area contributed by atoms with Gasteiger partial charge in [0.05, 0.1) is 24.6 Å². The number of benzene rings is 1. The van der Waals surface area contributed by atoms with Crippen molar-refractivity contribution in [1.29, 1.82) is 0 Å². The second-order valence-electron chi connectivity index (χ2n) is 6.30. The van der Waals surface area contributed by atoms with Crippen LogP contribution in [0.4, 0.5) is 0 Å². The molecule has 0 aliphatic carbocycles. The van der Waals surface area contributed by atoms with E-state index in [4.69, 9.17) is 14.0 Å². The largest absolute Gasteiger partial charge is 0.497 e. The van der Waals surface area contributed by atoms with Gasteiger partial charge in [-0.2, -0.15) is 0 Å². The van der Waals surface area contributed by atoms with E-state index >= 15 is 0 Å². The van der Waals surface area contributed by atoms with Crippen LogP contribution in [0.5, 0.6) is 5.75 Å². The third kappa shape index (κ3) is 4.04. The Balaban J connectivity index is 1.36. The molecule has 1 N–H and O–H groups in total. The molecule has 0 spiro atoms. The van der Waals surface area contributed by atoms with Gasteiger partial charge >= 0.3 is 0 Å². The number of methoxy groups -OCH3 is 1. The van der Waals surface area contributed by atoms with Gasteiger partial charge in [-0.15, -0.1) is 11.3 Å². The molecular weight excluding hydrogens is 364 g/mol. The second-order valence-corrected chi connectivity index (χ2v) is 7.41. The van der Waals surface area contributed by atoms with E-state index in [9.17, 15) is 4.79 Å². The van der Waals surface area contributed by atoms with Gasteiger partial charge in [-0.3, -0.25) is 4.79 Å². The molecule has 7 heteroatoms. The zero-order valence-corrected chi connectivity index (χ0v) is 15.8. The van der Waals surface area contributed by atoms with Gasteiger partial charge in [-0.1, -0.05) is 5.16 Å². The quantitative estimate of drug-likeness (QED) is 0.690. The highest BCUT2D eigenvalue weighted by Gasteiger charge is 2.21. The minimum atomic E-state index is -0.113. The van der Waals surface area contributed by atoms with E-state index in [2.05, 4.69) is 10.5 Å². The van der Waals surface area contributed by atoms with E-state index in [1.807, 2.05) is 42.5 Å². The molecule has 4 rings (SSSR count). The maximum Gasteiger partial charge on any atom is 0.261 e. The van der Waals surface area contributed by atoms with Crippen LogP contribution in [0, 0.1) is 0 Å². The molecule has 1 aromatic carbocycles. The van der Waals surface area contributed by atoms with Crippen molar-refractivity contribution >= 4 is 17.2 Å². The summed E-state index contributed by atoms with van der Waals surface area (Å²) in [5.74, 6) is 1.32. The van der Waals surface area contributed by atoms with Gasteiger partial charge in [-0.05, 0) is 49.2 Å². The summed E-state index contributed by atoms with van der Waals surface area (Å²) >= 11 is 1.49. The van der Waals surface area contributed by atoms with Gasteiger partial charge in [0.1, 0.15) is 11.4 Å². The van der Waals surface area contributed by atoms with Crippen LogP contribution in [0.3, 0.4) is 0 Å². The fourth-order valence-electron chi connectivity index (χ4n) is 2.99. The van der Waals surface area contributed by atoms with Crippen molar-refractivity contribution in [2.45, 2.75) is 25.5 Å². The third-order valence-corrected chi connectivity index (χ3v) is 5.64. The van der Waals surface area contributed by atoms with Crippen LogP contribution in [0.1, 0.15) is 39.2 Å². The number of nitrogens with zero attached hydrogens (tertiary/aromatic N) is 1. The lowest BCUT2D eigenvalue weighted by Crippen LogP contribution is -2.21. The highest BCUT2D eigenvalue weighted by molar-refractivity contribution is 7.14. The normalized spacial score (nSPS) is 16.4. The molecule has 2 aromatic heterocycles. The number of hydrogen-bond donors (Lipinski definition) is 1. The van der Waals surface area contributed by atoms with Gasteiger partial charge in [0.15, 0.2) is 5.76 Å². The molecule has 140 valence electrons. The van der Waals surface area contributed by atoms with Crippen molar-refractivity contribution in [2.24, 2.45) is 0 Å². The van der Waals surface area contributed by atoms with Crippen molar-refractivity contribution in [2.75, 3.05) is 13.7 Å². The SMILES string of the molecule is COc1ccc(-c2cc(CNC(=O)c3ccc([C@@H]4CCCO4)s3)no2)cc1. The standard InChI is InChI=1S/C20H20N2O4S/c1-24-15-6-4-13(5-7-15)17-11-14(22-26-17)12-21-20(23)19-9-8-18(27-19)16-3-2-10-25-16/h4-9,11,16H,2-3,10,12H2,1H3,(H,21,23)/t16-/m0/s1. The van der Waals surface area contributed by atoms with Crippen LogP contribution < -0.4 is 10.1 Å². The smallest absolute Gasteiger partial charge is 0.261 e. The second kappa shape index (κ2) is 7.94. The first kappa shape index (κ1) is 17.8. The first-order valence-electron chi connectivity index (χ1n) is 8.82. The summed E-state index contributed by atoms with van der Waals surface area (Å²) < 4.78 is 16.2. The monoisotopic (exact) mass is 384 g/mol. The number of thiophene rings is 1. The van der Waals surface area contributed by atoms with E-state index in [0.29, 0.717) is 22.9 Å². The number of rotatable bonds is 6. The lowest BCUT2D eigenvalue weighted by molar-refractivity contribution is 0.0954. The van der Waals surface area contributed by atoms with Crippen molar-refractivity contribution in [3.05, 3.63) is 57.9 Å². The van der Waals surface area contributed by atoms with Gasteiger partial charge < -0.3 is 19.3 Å². The average molecular weight is 384 g/mol. The summed E-state index contributed by atoms with van der Waals surface area (Å²) in [6, 6.07) is 13.2. The molecule has 1 amide bonds. The Morgan fingerprint density at radius 3 is 2.89 bits per heavy atom. The predicted molar refractivity (Wildman–Crippen MR) is 102 cm³/mol. The fourth-order valence-corrected chi connectivity index (χ4v) is 4.00. The maximum atomic E-state index is 12.4. The van der Waals surface area contributed by atoms with Crippen LogP contribution in [-0.4, -0.2) is 24.8 Å². The summed E-state index contributed by atoms with van der Waals surface area (Å²) in [6.07, 6.45) is 2.24. The molecule has 3 heterocycles. The number of nitrogens with one attached hydrogen (secondary N) is 1. The number of aromatic nitrogens is 1. The predicted octanol–water partition coefficient (Wildman–Crippen LogP) is 4.19. The minimum absolute atomic E-state index is 0.113. The number of hydrogen-bond acceptors (Lipinski definition) is 6. The van der Waals surface area contributed by atoms with E-state index < -0.39 is 0 Å². The Kier molecular flexibility index (Phi) is 5.22. The molecular formula is C20H20N2O4S. The van der Waals surface area contributed by atoms with E-state index in [1.54, 1.807) is 7.11 Å². The fraction of sp³-hybridized carbons (Fsp3) is 0.300. The molecule has 0 radical (unpaired) electrons. The Labute approximate surface area is 161 Å². The molecule has 0 unspecified atom stereocenters. The zero-order chi connectivity index (χ0) is 18.6. The van der Waals surface area contributed by atoms with Crippen LogP contribution in [0.15, 0.2) is 47.0 Å². The van der Waals surface area contributed by atoms with Crippen molar-refractivity contribution in [3.63, 3.8) is 0 Å². The lowest BCUT2D eigenvalue weighted by atomic mass is 10.1. The van der Waals surface area contributed by atoms with Gasteiger partial charge in [-0.25, -0.2) is 0 Å². The third-order valence-electron chi connectivity index (χ3n) is 4.46. The molecule has 1 aliphatic heterocycles. The summed E-state index contributed by atoms with van der Waals surface area (Å²) in [5.41, 5.74) is 1.57. The molecule has 1 fully saturated rings. The molecule has 0 saturated carbocycles. The van der Waals surface area contributed by atoms with Gasteiger partial charge in [0.25, 0.3) is 5.91 Å². The van der Waals surface area contributed by atoms with Crippen LogP contribution in [0.2, 0.25) is 0 Å². The van der Waals surface area contributed by atoms with Crippen LogP contribution in [-0.2, 0) is 11.3 Å². The minimum Gasteiger partial charge on any atom is -0.497 e. The van der Waals surface area contributed by atoms with Gasteiger partial charge in [0, 0.05) is 23.1 Å². The van der Waals surface area contributed by atoms with E-state index in [0.717, 1.165) is 35.6 Å². The first-order valence-corrected chi connectivity index (χ1v) is 9.64. The van der Waals surface area contributed by atoms with Crippen molar-refractivity contribution < 1.29 is 18.8 Å². The topological polar surface area (TPSA) is 73.6 Å². The van der Waals surface area contributed by atoms with Gasteiger partial charge in [0.2, 0.25) is 0 Å². The average Bonchev–Trinajstić information content (AvgIpc) is 3.47. The maximum absolute atomic E-state index is 12.4. The summed E-state index contributed by atoms with van der Waals surface area (Å²) in [6.45, 7) is 1.11. The summed E-state index contributed by atoms with van der Waals surface area (Å²) in [7, 11) is 1.63. The highest BCUT2D eigenvalue weighted by atomic mass is 32.1. The Morgan fingerprint density at radius 1 is 1.30 bits per heavy atom. The molecule has 1 atom stereocenters. The zero-order valence-electron chi connectivity index (χ0n) is 14.9. The highest BCUT2D eigenvalue weighted by Crippen LogP contribution is 2.33. The summed E-state index contributed by atoms with van der Waals surface area (Å²) in [4.78, 5) is 14.2. The number of carbonyl (C=O) groups excluding carboxylic acids is 1. The molecule has 6 nitrogen and oxygen atoms in total. The molecule has 1 aliphatic rings. The Hall–Kier alpha value is -2.64. The number of carbonyl (C=O) groups is 1. The van der Waals surface area contributed by atoms with Crippen molar-refractivity contribution in [1.82, 2.24) is 10.5 Å². The number of amides is 1. The van der Waals surface area contributed by atoms with Crippen LogP contribution >= 0.6 is 11.3 Å². The Morgan fingerprint density at radius 2 is 2.15 bits per heavy atom. The van der Waals surface area contributed by atoms with E-state index in [1.165, 1.54) is 11.3 Å². The lowest BCUT2D eigenvalue weighted by Gasteiger charge is -2.05. The first-order chi connectivity index (χ1) is 13.2. The number of ether oxygens (including phenoxy) is 2.